The van der Waals surface area contributed by atoms with Gasteiger partial charge in [-0.3, -0.25) is 0 Å². The van der Waals surface area contributed by atoms with Gasteiger partial charge in [0.25, 0.3) is 0 Å². The molecule has 1 saturated heterocycles. The van der Waals surface area contributed by atoms with Crippen molar-refractivity contribution in [2.75, 3.05) is 18.0 Å². The molecule has 1 aliphatic heterocycles. The molecular weight excluding hydrogens is 204 g/mol. The molecule has 2 heterocycles. The number of nitrogens with zero attached hydrogens (tertiary/aromatic N) is 1. The molecule has 0 aromatic carbocycles. The van der Waals surface area contributed by atoms with E-state index in [1.54, 1.807) is 11.3 Å². The largest absolute Gasteiger partial charge is 0.369 e. The zero-order valence-corrected chi connectivity index (χ0v) is 10.2. The minimum atomic E-state index is 0.357. The molecule has 1 fully saturated rings. The van der Waals surface area contributed by atoms with Gasteiger partial charge >= 0.3 is 0 Å². The van der Waals surface area contributed by atoms with Crippen LogP contribution in [0.3, 0.4) is 0 Å². The molecule has 1 aliphatic rings. The van der Waals surface area contributed by atoms with Gasteiger partial charge in [0.15, 0.2) is 0 Å². The summed E-state index contributed by atoms with van der Waals surface area (Å²) in [6.45, 7) is 4.48. The van der Waals surface area contributed by atoms with E-state index in [0.29, 0.717) is 6.04 Å². The van der Waals surface area contributed by atoms with Crippen LogP contribution in [0.5, 0.6) is 0 Å². The molecule has 0 saturated carbocycles. The van der Waals surface area contributed by atoms with Crippen LogP contribution in [-0.2, 0) is 0 Å². The van der Waals surface area contributed by atoms with Crippen molar-refractivity contribution < 1.29 is 0 Å². The van der Waals surface area contributed by atoms with E-state index < -0.39 is 0 Å². The first-order valence-corrected chi connectivity index (χ1v) is 6.76. The Labute approximate surface area is 96.1 Å². The minimum absolute atomic E-state index is 0.357. The van der Waals surface area contributed by atoms with E-state index in [4.69, 9.17) is 5.73 Å². The molecule has 2 atom stereocenters. The first kappa shape index (κ1) is 11.0. The summed E-state index contributed by atoms with van der Waals surface area (Å²) >= 11 is 1.77. The van der Waals surface area contributed by atoms with E-state index in [0.717, 1.165) is 12.5 Å². The fraction of sp³-hybridized carbons (Fsp3) is 0.667. The molecule has 0 aliphatic carbocycles. The number of anilines is 1. The average Bonchev–Trinajstić information content (AvgIpc) is 2.70. The Morgan fingerprint density at radius 2 is 2.40 bits per heavy atom. The summed E-state index contributed by atoms with van der Waals surface area (Å²) in [6, 6.07) is 2.56. The zero-order valence-electron chi connectivity index (χ0n) is 9.36. The van der Waals surface area contributed by atoms with Gasteiger partial charge in [0.1, 0.15) is 0 Å². The van der Waals surface area contributed by atoms with Gasteiger partial charge in [0, 0.05) is 30.2 Å². The maximum atomic E-state index is 6.11. The number of nitrogens with two attached hydrogens (primary N) is 1. The van der Waals surface area contributed by atoms with Crippen LogP contribution >= 0.6 is 11.3 Å². The fourth-order valence-electron chi connectivity index (χ4n) is 2.51. The fourth-order valence-corrected chi connectivity index (χ4v) is 3.18. The highest BCUT2D eigenvalue weighted by molar-refractivity contribution is 7.08. The SMILES string of the molecule is CCCC1CC(N)CN(c2ccsc2)C1. The second-order valence-corrected chi connectivity index (χ2v) is 5.32. The Morgan fingerprint density at radius 3 is 3.07 bits per heavy atom. The molecule has 2 rings (SSSR count). The molecule has 0 bridgehead atoms. The Morgan fingerprint density at radius 1 is 1.53 bits per heavy atom. The summed E-state index contributed by atoms with van der Waals surface area (Å²) in [5.41, 5.74) is 7.47. The zero-order chi connectivity index (χ0) is 10.7. The second kappa shape index (κ2) is 4.99. The summed E-state index contributed by atoms with van der Waals surface area (Å²) in [4.78, 5) is 2.45. The second-order valence-electron chi connectivity index (χ2n) is 4.54. The van der Waals surface area contributed by atoms with Crippen molar-refractivity contribution in [3.63, 3.8) is 0 Å². The third-order valence-electron chi connectivity index (χ3n) is 3.14. The van der Waals surface area contributed by atoms with Crippen LogP contribution in [0.25, 0.3) is 0 Å². The Kier molecular flexibility index (Phi) is 3.65. The predicted molar refractivity (Wildman–Crippen MR) is 67.5 cm³/mol. The van der Waals surface area contributed by atoms with Crippen molar-refractivity contribution in [1.82, 2.24) is 0 Å². The first-order chi connectivity index (χ1) is 7.29. The molecule has 15 heavy (non-hydrogen) atoms. The molecule has 0 radical (unpaired) electrons. The van der Waals surface area contributed by atoms with Crippen LogP contribution in [0.15, 0.2) is 16.8 Å². The lowest BCUT2D eigenvalue weighted by Crippen LogP contribution is -2.47. The lowest BCUT2D eigenvalue weighted by atomic mass is 9.91. The Hall–Kier alpha value is -0.540. The maximum Gasteiger partial charge on any atom is 0.0475 e. The molecule has 0 amide bonds. The lowest BCUT2D eigenvalue weighted by Gasteiger charge is -2.37. The topological polar surface area (TPSA) is 29.3 Å². The number of rotatable bonds is 3. The Bertz CT molecular complexity index is 284. The third-order valence-corrected chi connectivity index (χ3v) is 3.81. The van der Waals surface area contributed by atoms with Crippen LogP contribution in [0, 0.1) is 5.92 Å². The smallest absolute Gasteiger partial charge is 0.0475 e. The van der Waals surface area contributed by atoms with Crippen LogP contribution < -0.4 is 10.6 Å². The van der Waals surface area contributed by atoms with Crippen molar-refractivity contribution in [3.8, 4) is 0 Å². The van der Waals surface area contributed by atoms with Crippen molar-refractivity contribution in [2.24, 2.45) is 11.7 Å². The summed E-state index contributed by atoms with van der Waals surface area (Å²) in [6.07, 6.45) is 3.79. The van der Waals surface area contributed by atoms with Gasteiger partial charge in [0.2, 0.25) is 0 Å². The summed E-state index contributed by atoms with van der Waals surface area (Å²) in [7, 11) is 0. The predicted octanol–water partition coefficient (Wildman–Crippen LogP) is 2.70. The number of hydrogen-bond acceptors (Lipinski definition) is 3. The van der Waals surface area contributed by atoms with Crippen molar-refractivity contribution in [2.45, 2.75) is 32.2 Å². The molecule has 1 aromatic heterocycles. The number of thiophene rings is 1. The molecule has 84 valence electrons. The van der Waals surface area contributed by atoms with Gasteiger partial charge in [0.05, 0.1) is 0 Å². The van der Waals surface area contributed by atoms with Gasteiger partial charge in [-0.15, -0.1) is 0 Å². The van der Waals surface area contributed by atoms with Crippen molar-refractivity contribution >= 4 is 17.0 Å². The van der Waals surface area contributed by atoms with E-state index in [1.165, 1.54) is 31.5 Å². The summed E-state index contributed by atoms with van der Waals surface area (Å²) in [5, 5.41) is 4.37. The van der Waals surface area contributed by atoms with Crippen molar-refractivity contribution in [1.29, 1.82) is 0 Å². The van der Waals surface area contributed by atoms with E-state index in [9.17, 15) is 0 Å². The monoisotopic (exact) mass is 224 g/mol. The highest BCUT2D eigenvalue weighted by Gasteiger charge is 2.24. The first-order valence-electron chi connectivity index (χ1n) is 5.82. The van der Waals surface area contributed by atoms with Crippen LogP contribution in [0.2, 0.25) is 0 Å². The summed E-state index contributed by atoms with van der Waals surface area (Å²) < 4.78 is 0. The van der Waals surface area contributed by atoms with Crippen LogP contribution in [-0.4, -0.2) is 19.1 Å². The minimum Gasteiger partial charge on any atom is -0.369 e. The quantitative estimate of drug-likeness (QED) is 0.855. The van der Waals surface area contributed by atoms with E-state index in [1.807, 2.05) is 0 Å². The number of piperidine rings is 1. The normalized spacial score (nSPS) is 26.9. The van der Waals surface area contributed by atoms with E-state index in [2.05, 4.69) is 28.7 Å². The van der Waals surface area contributed by atoms with Gasteiger partial charge in [-0.05, 0) is 30.2 Å². The molecule has 2 unspecified atom stereocenters. The van der Waals surface area contributed by atoms with Gasteiger partial charge < -0.3 is 10.6 Å². The molecule has 2 N–H and O–H groups in total. The average molecular weight is 224 g/mol. The molecule has 2 nitrogen and oxygen atoms in total. The van der Waals surface area contributed by atoms with Crippen LogP contribution in [0.1, 0.15) is 26.2 Å². The number of hydrogen-bond donors (Lipinski definition) is 1. The van der Waals surface area contributed by atoms with Gasteiger partial charge in [-0.25, -0.2) is 0 Å². The standard InChI is InChI=1S/C12H20N2S/c1-2-3-10-6-11(13)8-14(7-10)12-4-5-15-9-12/h4-5,9-11H,2-3,6-8,13H2,1H3. The third kappa shape index (κ3) is 2.73. The van der Waals surface area contributed by atoms with E-state index >= 15 is 0 Å². The lowest BCUT2D eigenvalue weighted by molar-refractivity contribution is 0.355. The summed E-state index contributed by atoms with van der Waals surface area (Å²) in [5.74, 6) is 0.790. The van der Waals surface area contributed by atoms with Crippen LogP contribution in [0.4, 0.5) is 5.69 Å². The molecule has 1 aromatic rings. The van der Waals surface area contributed by atoms with Gasteiger partial charge in [-0.2, -0.15) is 11.3 Å². The van der Waals surface area contributed by atoms with Crippen molar-refractivity contribution in [3.05, 3.63) is 16.8 Å². The highest BCUT2D eigenvalue weighted by Crippen LogP contribution is 2.26. The maximum absolute atomic E-state index is 6.11. The molecule has 3 heteroatoms. The highest BCUT2D eigenvalue weighted by atomic mass is 32.1. The molecular formula is C12H20N2S. The molecule has 0 spiro atoms. The Balaban J connectivity index is 2.00. The van der Waals surface area contributed by atoms with E-state index in [-0.39, 0.29) is 0 Å². The van der Waals surface area contributed by atoms with Gasteiger partial charge in [-0.1, -0.05) is 13.3 Å².